The molecule has 14 heteroatoms. The number of hydrogen-bond acceptors (Lipinski definition) is 9. The van der Waals surface area contributed by atoms with E-state index in [1.54, 1.807) is 18.2 Å². The Morgan fingerprint density at radius 3 is 2.24 bits per heavy atom. The number of aryl methyl sites for hydroxylation is 1. The number of rotatable bonds is 7. The van der Waals surface area contributed by atoms with Gasteiger partial charge in [0, 0.05) is 22.5 Å². The molecule has 12 nitrogen and oxygen atoms in total. The summed E-state index contributed by atoms with van der Waals surface area (Å²) in [4.78, 5) is 70.8. The van der Waals surface area contributed by atoms with E-state index < -0.39 is 63.6 Å². The summed E-state index contributed by atoms with van der Waals surface area (Å²) in [6.07, 6.45) is 2.18. The van der Waals surface area contributed by atoms with Crippen molar-refractivity contribution in [1.82, 2.24) is 5.01 Å². The van der Waals surface area contributed by atoms with Gasteiger partial charge in [0.1, 0.15) is 0 Å². The zero-order chi connectivity index (χ0) is 38.2. The smallest absolute Gasteiger partial charge is 0.269 e. The Hall–Kier alpha value is -5.34. The van der Waals surface area contributed by atoms with Gasteiger partial charge in [0.25, 0.3) is 17.5 Å². The van der Waals surface area contributed by atoms with E-state index in [1.165, 1.54) is 31.4 Å². The standard InChI is InChI=1S/C40H32Br2N4O8/c1-20-8-10-22(11-9-20)43-45-37(49)29-18-27-25(16-17-26-31(27)38(50)44(36(26)48)23-12-14-24(15-13-23)46(52)53)32(28-19-30(54-2)35(47)34(42)33(28)41)40(29,39(45)51)21-6-4-3-5-7-21/h3-16,19,26-27,29,31-32,43,47H,17-18H2,1-2H3/t26-,27+,29-,31-,32+,40+/m0/s1. The topological polar surface area (TPSA) is 159 Å². The molecule has 0 unspecified atom stereocenters. The van der Waals surface area contributed by atoms with E-state index in [0.29, 0.717) is 26.9 Å². The largest absolute Gasteiger partial charge is 0.503 e. The Bertz CT molecular complexity index is 2300. The summed E-state index contributed by atoms with van der Waals surface area (Å²) in [5.41, 5.74) is 4.93. The Morgan fingerprint density at radius 2 is 1.59 bits per heavy atom. The molecule has 3 fully saturated rings. The number of methoxy groups -OCH3 is 1. The van der Waals surface area contributed by atoms with Crippen LogP contribution in [-0.2, 0) is 24.6 Å². The number of ether oxygens (including phenoxy) is 1. The van der Waals surface area contributed by atoms with Crippen LogP contribution in [0.5, 0.6) is 11.5 Å². The number of imide groups is 2. The van der Waals surface area contributed by atoms with Crippen LogP contribution in [0, 0.1) is 40.7 Å². The monoisotopic (exact) mass is 854 g/mol. The summed E-state index contributed by atoms with van der Waals surface area (Å²) in [6.45, 7) is 1.93. The number of allylic oxidation sites excluding steroid dienone is 2. The first-order valence-electron chi connectivity index (χ1n) is 17.2. The molecule has 4 aromatic rings. The first-order chi connectivity index (χ1) is 25.9. The van der Waals surface area contributed by atoms with Gasteiger partial charge in [0.05, 0.1) is 51.0 Å². The predicted octanol–water partition coefficient (Wildman–Crippen LogP) is 7.33. The minimum Gasteiger partial charge on any atom is -0.503 e. The molecule has 6 atom stereocenters. The van der Waals surface area contributed by atoms with Gasteiger partial charge in [0.15, 0.2) is 11.5 Å². The summed E-state index contributed by atoms with van der Waals surface area (Å²) < 4.78 is 6.30. The number of hydrogen-bond donors (Lipinski definition) is 2. The van der Waals surface area contributed by atoms with Crippen molar-refractivity contribution in [2.75, 3.05) is 17.4 Å². The number of nitrogens with zero attached hydrogens (tertiary/aromatic N) is 3. The van der Waals surface area contributed by atoms with Crippen LogP contribution in [0.2, 0.25) is 0 Å². The number of nitro benzene ring substituents is 1. The van der Waals surface area contributed by atoms with Crippen molar-refractivity contribution in [1.29, 1.82) is 0 Å². The van der Waals surface area contributed by atoms with Gasteiger partial charge in [-0.1, -0.05) is 59.7 Å². The van der Waals surface area contributed by atoms with Crippen molar-refractivity contribution in [3.05, 3.63) is 132 Å². The number of non-ortho nitro benzene ring substituents is 1. The van der Waals surface area contributed by atoms with Crippen LogP contribution in [-0.4, -0.2) is 45.8 Å². The van der Waals surface area contributed by atoms with Crippen LogP contribution in [0.3, 0.4) is 0 Å². The van der Waals surface area contributed by atoms with Gasteiger partial charge in [-0.25, -0.2) is 0 Å². The number of nitrogens with one attached hydrogen (secondary N) is 1. The maximum atomic E-state index is 15.4. The average Bonchev–Trinajstić information content (AvgIpc) is 3.56. The highest BCUT2D eigenvalue weighted by atomic mass is 79.9. The SMILES string of the molecule is COc1cc([C@H]2C3=CC[C@@H]4C(=O)N(c5ccc([N+](=O)[O-])cc5)C(=O)[C@@H]4[C@@H]3C[C@H]3C(=O)N(Nc4ccc(C)cc4)C(=O)[C@@]23c2ccccc2)c(Br)c(Br)c1O. The van der Waals surface area contributed by atoms with E-state index in [-0.39, 0.29) is 40.2 Å². The number of phenols is 1. The van der Waals surface area contributed by atoms with E-state index >= 15 is 4.79 Å². The second kappa shape index (κ2) is 13.2. The molecule has 0 bridgehead atoms. The number of halogens is 2. The van der Waals surface area contributed by atoms with E-state index in [0.717, 1.165) is 15.5 Å². The third-order valence-corrected chi connectivity index (χ3v) is 13.6. The van der Waals surface area contributed by atoms with Gasteiger partial charge >= 0.3 is 0 Å². The third-order valence-electron chi connectivity index (χ3n) is 11.4. The number of hydrazine groups is 1. The van der Waals surface area contributed by atoms with Gasteiger partial charge in [-0.2, -0.15) is 5.01 Å². The molecule has 1 saturated carbocycles. The molecular weight excluding hydrogens is 824 g/mol. The van der Waals surface area contributed by atoms with Gasteiger partial charge in [-0.15, -0.1) is 0 Å². The Labute approximate surface area is 326 Å². The molecule has 0 aromatic heterocycles. The minimum absolute atomic E-state index is 0.0795. The summed E-state index contributed by atoms with van der Waals surface area (Å²) in [5.74, 6) is -6.12. The van der Waals surface area contributed by atoms with Crippen molar-refractivity contribution in [2.45, 2.75) is 31.1 Å². The molecule has 2 N–H and O–H groups in total. The second-order valence-electron chi connectivity index (χ2n) is 14.0. The number of carbonyl (C=O) groups is 4. The van der Waals surface area contributed by atoms with Crippen LogP contribution in [0.25, 0.3) is 0 Å². The van der Waals surface area contributed by atoms with E-state index in [4.69, 9.17) is 4.74 Å². The van der Waals surface area contributed by atoms with Crippen LogP contribution >= 0.6 is 31.9 Å². The molecule has 2 aliphatic heterocycles. The van der Waals surface area contributed by atoms with E-state index in [9.17, 15) is 29.6 Å². The molecule has 274 valence electrons. The summed E-state index contributed by atoms with van der Waals surface area (Å²) >= 11 is 7.20. The Morgan fingerprint density at radius 1 is 0.907 bits per heavy atom. The lowest BCUT2D eigenvalue weighted by Crippen LogP contribution is -2.53. The molecule has 4 amide bonds. The van der Waals surface area contributed by atoms with Gasteiger partial charge in [-0.05, 0) is 99.0 Å². The maximum absolute atomic E-state index is 15.4. The van der Waals surface area contributed by atoms with Crippen LogP contribution in [0.15, 0.2) is 106 Å². The number of anilines is 2. The molecular formula is C40H32Br2N4O8. The molecule has 2 heterocycles. The fourth-order valence-electron chi connectivity index (χ4n) is 9.05. The van der Waals surface area contributed by atoms with Crippen molar-refractivity contribution < 1.29 is 33.9 Å². The zero-order valence-corrected chi connectivity index (χ0v) is 32.0. The van der Waals surface area contributed by atoms with Crippen molar-refractivity contribution >= 4 is 72.6 Å². The highest BCUT2D eigenvalue weighted by Gasteiger charge is 2.70. The third kappa shape index (κ3) is 5.13. The number of amides is 4. The van der Waals surface area contributed by atoms with Gasteiger partial charge in [0.2, 0.25) is 11.8 Å². The van der Waals surface area contributed by atoms with Crippen LogP contribution in [0.4, 0.5) is 17.1 Å². The summed E-state index contributed by atoms with van der Waals surface area (Å²) in [7, 11) is 1.41. The maximum Gasteiger partial charge on any atom is 0.269 e. The number of phenolic OH excluding ortho intramolecular Hbond substituents is 1. The Kier molecular flexibility index (Phi) is 8.72. The molecule has 0 spiro atoms. The fraction of sp³-hybridized carbons (Fsp3) is 0.250. The van der Waals surface area contributed by atoms with Crippen molar-refractivity contribution in [3.8, 4) is 11.5 Å². The minimum atomic E-state index is -1.54. The number of nitro groups is 1. The molecule has 0 radical (unpaired) electrons. The average molecular weight is 857 g/mol. The molecule has 8 rings (SSSR count). The fourth-order valence-corrected chi connectivity index (χ4v) is 10.0. The summed E-state index contributed by atoms with van der Waals surface area (Å²) in [6, 6.07) is 23.3. The first-order valence-corrected chi connectivity index (χ1v) is 18.8. The quantitative estimate of drug-likeness (QED) is 0.0840. The lowest BCUT2D eigenvalue weighted by Gasteiger charge is -2.51. The van der Waals surface area contributed by atoms with Crippen molar-refractivity contribution in [3.63, 3.8) is 0 Å². The van der Waals surface area contributed by atoms with Crippen molar-refractivity contribution in [2.24, 2.45) is 23.7 Å². The van der Waals surface area contributed by atoms with Gasteiger partial charge < -0.3 is 9.84 Å². The zero-order valence-electron chi connectivity index (χ0n) is 28.9. The molecule has 4 aliphatic rings. The predicted molar refractivity (Wildman–Crippen MR) is 204 cm³/mol. The number of aromatic hydroxyl groups is 1. The number of carbonyl (C=O) groups excluding carboxylic acids is 4. The highest BCUT2D eigenvalue weighted by Crippen LogP contribution is 2.65. The second-order valence-corrected chi connectivity index (χ2v) is 15.6. The molecule has 2 aliphatic carbocycles. The normalized spacial score (nSPS) is 25.9. The molecule has 4 aromatic carbocycles. The molecule has 54 heavy (non-hydrogen) atoms. The lowest BCUT2D eigenvalue weighted by molar-refractivity contribution is -0.384. The highest BCUT2D eigenvalue weighted by molar-refractivity contribution is 9.13. The van der Waals surface area contributed by atoms with E-state index in [1.807, 2.05) is 55.5 Å². The van der Waals surface area contributed by atoms with Crippen LogP contribution in [0.1, 0.15) is 35.4 Å². The van der Waals surface area contributed by atoms with E-state index in [2.05, 4.69) is 37.3 Å². The molecule has 2 saturated heterocycles. The first kappa shape index (κ1) is 35.7. The number of benzene rings is 4. The summed E-state index contributed by atoms with van der Waals surface area (Å²) in [5, 5.41) is 23.4. The number of fused-ring (bicyclic) bond motifs is 4. The lowest BCUT2D eigenvalue weighted by atomic mass is 9.49. The Balaban J connectivity index is 1.34. The van der Waals surface area contributed by atoms with Gasteiger partial charge in [-0.3, -0.25) is 39.6 Å². The van der Waals surface area contributed by atoms with Crippen LogP contribution < -0.4 is 15.1 Å².